The third-order valence-electron chi connectivity index (χ3n) is 6.20. The molecule has 1 aromatic heterocycles. The topological polar surface area (TPSA) is 87.7 Å². The number of sulfone groups is 2. The zero-order chi connectivity index (χ0) is 25.3. The first-order valence-electron chi connectivity index (χ1n) is 11.4. The number of aromatic nitrogens is 1. The third kappa shape index (κ3) is 4.72. The largest absolute Gasteiger partial charge is 0.339 e. The van der Waals surface area contributed by atoms with Gasteiger partial charge in [-0.2, -0.15) is 0 Å². The molecule has 1 aliphatic heterocycles. The van der Waals surface area contributed by atoms with Gasteiger partial charge in [-0.1, -0.05) is 36.4 Å². The van der Waals surface area contributed by atoms with Gasteiger partial charge in [0.15, 0.2) is 19.7 Å². The number of anilines is 4. The van der Waals surface area contributed by atoms with Gasteiger partial charge in [-0.3, -0.25) is 4.98 Å². The van der Waals surface area contributed by atoms with Crippen molar-refractivity contribution in [2.24, 2.45) is 0 Å². The second kappa shape index (κ2) is 9.40. The molecule has 5 rings (SSSR count). The summed E-state index contributed by atoms with van der Waals surface area (Å²) in [4.78, 5) is 8.88. The Morgan fingerprint density at radius 3 is 2.36 bits per heavy atom. The highest BCUT2D eigenvalue weighted by atomic mass is 32.2. The monoisotopic (exact) mass is 519 g/mol. The fraction of sp³-hybridized carbons (Fsp3) is 0.148. The molecule has 9 heteroatoms. The Balaban J connectivity index is 1.61. The Kier molecular flexibility index (Phi) is 6.27. The standard InChI is InChI=1S/C27H25N3O4S2/c1-35(31,32)24-11-6-9-22(18-24)30(23-10-7-15-28-19-23)20-21-8-2-3-12-25(21)29-16-17-36(33,34)27-14-5-4-13-26(27)29/h2-15,18-19H,16-17,20H2,1H3. The number of hydrogen-bond donors (Lipinski definition) is 0. The molecule has 36 heavy (non-hydrogen) atoms. The first kappa shape index (κ1) is 24.0. The van der Waals surface area contributed by atoms with Crippen LogP contribution in [-0.2, 0) is 26.2 Å². The summed E-state index contributed by atoms with van der Waals surface area (Å²) in [6.45, 7) is 0.757. The summed E-state index contributed by atoms with van der Waals surface area (Å²) in [6, 6.07) is 25.5. The molecule has 0 saturated heterocycles. The SMILES string of the molecule is CS(=O)(=O)c1cccc(N(Cc2ccccc2N2CCS(=O)(=O)c3ccccc32)c2cccnc2)c1. The Labute approximate surface area is 211 Å². The molecule has 0 atom stereocenters. The minimum absolute atomic E-state index is 0.0288. The van der Waals surface area contributed by atoms with Crippen molar-refractivity contribution in [1.29, 1.82) is 0 Å². The smallest absolute Gasteiger partial charge is 0.182 e. The lowest BCUT2D eigenvalue weighted by atomic mass is 10.1. The van der Waals surface area contributed by atoms with Gasteiger partial charge in [-0.15, -0.1) is 0 Å². The lowest BCUT2D eigenvalue weighted by Gasteiger charge is -2.34. The molecule has 2 heterocycles. The maximum absolute atomic E-state index is 12.7. The van der Waals surface area contributed by atoms with Crippen LogP contribution in [0.3, 0.4) is 0 Å². The molecule has 0 aliphatic carbocycles. The zero-order valence-electron chi connectivity index (χ0n) is 19.7. The van der Waals surface area contributed by atoms with E-state index < -0.39 is 19.7 Å². The second-order valence-electron chi connectivity index (χ2n) is 8.63. The number of para-hydroxylation sites is 2. The van der Waals surface area contributed by atoms with Gasteiger partial charge >= 0.3 is 0 Å². The minimum atomic E-state index is -3.39. The minimum Gasteiger partial charge on any atom is -0.339 e. The van der Waals surface area contributed by atoms with Gasteiger partial charge in [0.05, 0.1) is 39.7 Å². The lowest BCUT2D eigenvalue weighted by Crippen LogP contribution is -2.32. The average molecular weight is 520 g/mol. The van der Waals surface area contributed by atoms with Crippen molar-refractivity contribution >= 4 is 42.4 Å². The van der Waals surface area contributed by atoms with Gasteiger partial charge in [-0.25, -0.2) is 16.8 Å². The average Bonchev–Trinajstić information content (AvgIpc) is 2.88. The van der Waals surface area contributed by atoms with Crippen molar-refractivity contribution in [3.63, 3.8) is 0 Å². The Bertz CT molecular complexity index is 1620. The lowest BCUT2D eigenvalue weighted by molar-refractivity contribution is 0.592. The summed E-state index contributed by atoms with van der Waals surface area (Å²) in [5.41, 5.74) is 4.03. The first-order chi connectivity index (χ1) is 17.2. The van der Waals surface area contributed by atoms with Gasteiger partial charge in [0.1, 0.15) is 0 Å². The maximum atomic E-state index is 12.7. The Morgan fingerprint density at radius 2 is 1.61 bits per heavy atom. The van der Waals surface area contributed by atoms with E-state index in [0.29, 0.717) is 29.4 Å². The number of benzene rings is 3. The number of hydrogen-bond acceptors (Lipinski definition) is 7. The van der Waals surface area contributed by atoms with E-state index in [4.69, 9.17) is 0 Å². The first-order valence-corrected chi connectivity index (χ1v) is 14.9. The molecular weight excluding hydrogens is 494 g/mol. The van der Waals surface area contributed by atoms with Crippen molar-refractivity contribution in [2.45, 2.75) is 16.3 Å². The molecule has 1 aliphatic rings. The predicted octanol–water partition coefficient (Wildman–Crippen LogP) is 4.75. The van der Waals surface area contributed by atoms with E-state index in [9.17, 15) is 16.8 Å². The second-order valence-corrected chi connectivity index (χ2v) is 12.7. The Morgan fingerprint density at radius 1 is 0.889 bits per heavy atom. The van der Waals surface area contributed by atoms with Gasteiger partial charge in [0.2, 0.25) is 0 Å². The van der Waals surface area contributed by atoms with Crippen molar-refractivity contribution in [3.8, 4) is 0 Å². The quantitative estimate of drug-likeness (QED) is 0.363. The maximum Gasteiger partial charge on any atom is 0.182 e. The molecule has 0 N–H and O–H groups in total. The van der Waals surface area contributed by atoms with Crippen LogP contribution in [-0.4, -0.2) is 40.4 Å². The molecule has 3 aromatic carbocycles. The molecule has 0 saturated carbocycles. The van der Waals surface area contributed by atoms with Crippen molar-refractivity contribution in [1.82, 2.24) is 4.98 Å². The van der Waals surface area contributed by atoms with E-state index in [0.717, 1.165) is 16.9 Å². The van der Waals surface area contributed by atoms with Crippen LogP contribution in [0.5, 0.6) is 0 Å². The highest BCUT2D eigenvalue weighted by molar-refractivity contribution is 7.91. The highest BCUT2D eigenvalue weighted by Gasteiger charge is 2.30. The molecule has 0 amide bonds. The zero-order valence-corrected chi connectivity index (χ0v) is 21.3. The van der Waals surface area contributed by atoms with Crippen LogP contribution in [0, 0.1) is 0 Å². The molecule has 0 bridgehead atoms. The number of pyridine rings is 1. The van der Waals surface area contributed by atoms with Crippen molar-refractivity contribution < 1.29 is 16.8 Å². The van der Waals surface area contributed by atoms with Crippen molar-refractivity contribution in [3.05, 3.63) is 103 Å². The molecule has 4 aromatic rings. The van der Waals surface area contributed by atoms with E-state index in [1.54, 1.807) is 42.7 Å². The van der Waals surface area contributed by atoms with Crippen LogP contribution in [0.4, 0.5) is 22.7 Å². The number of nitrogens with zero attached hydrogens (tertiary/aromatic N) is 3. The third-order valence-corrected chi connectivity index (χ3v) is 9.05. The van der Waals surface area contributed by atoms with Crippen LogP contribution < -0.4 is 9.80 Å². The summed E-state index contributed by atoms with van der Waals surface area (Å²) in [5, 5.41) is 0. The van der Waals surface area contributed by atoms with Crippen LogP contribution in [0.25, 0.3) is 0 Å². The summed E-state index contributed by atoms with van der Waals surface area (Å²) in [6.07, 6.45) is 4.61. The van der Waals surface area contributed by atoms with Crippen molar-refractivity contribution in [2.75, 3.05) is 28.4 Å². The van der Waals surface area contributed by atoms with E-state index in [-0.39, 0.29) is 10.6 Å². The summed E-state index contributed by atoms with van der Waals surface area (Å²) >= 11 is 0. The van der Waals surface area contributed by atoms with Crippen LogP contribution >= 0.6 is 0 Å². The van der Waals surface area contributed by atoms with Gasteiger partial charge in [0.25, 0.3) is 0 Å². The normalized spacial score (nSPS) is 14.8. The highest BCUT2D eigenvalue weighted by Crippen LogP contribution is 2.38. The molecule has 7 nitrogen and oxygen atoms in total. The van der Waals surface area contributed by atoms with Gasteiger partial charge in [0, 0.05) is 30.4 Å². The van der Waals surface area contributed by atoms with E-state index in [1.165, 1.54) is 6.26 Å². The van der Waals surface area contributed by atoms with Crippen LogP contribution in [0.2, 0.25) is 0 Å². The van der Waals surface area contributed by atoms with E-state index in [1.807, 2.05) is 64.4 Å². The molecule has 0 spiro atoms. The van der Waals surface area contributed by atoms with E-state index >= 15 is 0 Å². The molecule has 184 valence electrons. The molecule has 0 radical (unpaired) electrons. The van der Waals surface area contributed by atoms with Gasteiger partial charge < -0.3 is 9.80 Å². The van der Waals surface area contributed by atoms with Crippen LogP contribution in [0.15, 0.2) is 107 Å². The molecular formula is C27H25N3O4S2. The summed E-state index contributed by atoms with van der Waals surface area (Å²) < 4.78 is 49.9. The van der Waals surface area contributed by atoms with E-state index in [2.05, 4.69) is 4.98 Å². The number of fused-ring (bicyclic) bond motifs is 1. The molecule has 0 unspecified atom stereocenters. The van der Waals surface area contributed by atoms with Gasteiger partial charge in [-0.05, 0) is 54.1 Å². The molecule has 0 fully saturated rings. The van der Waals surface area contributed by atoms with Crippen LogP contribution in [0.1, 0.15) is 5.56 Å². The fourth-order valence-corrected chi connectivity index (χ4v) is 6.53. The summed E-state index contributed by atoms with van der Waals surface area (Å²) in [5.74, 6) is 0.0288. The number of rotatable bonds is 6. The fourth-order valence-electron chi connectivity index (χ4n) is 4.44. The predicted molar refractivity (Wildman–Crippen MR) is 142 cm³/mol. The Hall–Kier alpha value is -3.69. The summed E-state index contributed by atoms with van der Waals surface area (Å²) in [7, 11) is -6.73.